The second-order valence-electron chi connectivity index (χ2n) is 4.74. The summed E-state index contributed by atoms with van der Waals surface area (Å²) in [5, 5.41) is 0. The number of likely N-dealkylation sites (N-methyl/N-ethyl adjacent to an activating group) is 1. The maximum absolute atomic E-state index is 11.2. The van der Waals surface area contributed by atoms with Gasteiger partial charge >= 0.3 is 0 Å². The number of benzene rings is 1. The van der Waals surface area contributed by atoms with Gasteiger partial charge in [0.25, 0.3) is 0 Å². The van der Waals surface area contributed by atoms with E-state index in [2.05, 4.69) is 39.6 Å². The lowest BCUT2D eigenvalue weighted by atomic mass is 10.1. The molecule has 0 saturated carbocycles. The Hall–Kier alpha value is -0.870. The molecule has 0 radical (unpaired) electrons. The summed E-state index contributed by atoms with van der Waals surface area (Å²) >= 11 is 3.41. The van der Waals surface area contributed by atoms with Crippen molar-refractivity contribution in [2.45, 2.75) is 19.9 Å². The summed E-state index contributed by atoms with van der Waals surface area (Å²) in [6, 6.07) is 6.45. The minimum Gasteiger partial charge on any atom is -0.368 e. The number of anilines is 1. The lowest BCUT2D eigenvalue weighted by Crippen LogP contribution is -2.51. The number of carbonyl (C=O) groups is 1. The summed E-state index contributed by atoms with van der Waals surface area (Å²) in [4.78, 5) is 15.9. The standard InChI is InChI=1S/C14H19BrN2O/c1-3-16-6-7-17(9-11(16)2)14-5-4-13(15)8-12(14)10-18/h4-5,8,10-11H,3,6-7,9H2,1-2H3. The predicted molar refractivity (Wildman–Crippen MR) is 78.5 cm³/mol. The number of hydrogen-bond donors (Lipinski definition) is 0. The predicted octanol–water partition coefficient (Wildman–Crippen LogP) is 2.79. The van der Waals surface area contributed by atoms with Gasteiger partial charge in [-0.3, -0.25) is 9.69 Å². The van der Waals surface area contributed by atoms with Gasteiger partial charge in [0.15, 0.2) is 6.29 Å². The van der Waals surface area contributed by atoms with Gasteiger partial charge in [0, 0.05) is 41.4 Å². The highest BCUT2D eigenvalue weighted by Crippen LogP contribution is 2.25. The van der Waals surface area contributed by atoms with Crippen molar-refractivity contribution >= 4 is 27.9 Å². The molecule has 98 valence electrons. The minimum atomic E-state index is 0.534. The summed E-state index contributed by atoms with van der Waals surface area (Å²) in [5.74, 6) is 0. The Morgan fingerprint density at radius 2 is 2.22 bits per heavy atom. The van der Waals surface area contributed by atoms with Gasteiger partial charge < -0.3 is 4.90 Å². The van der Waals surface area contributed by atoms with Crippen molar-refractivity contribution < 1.29 is 4.79 Å². The lowest BCUT2D eigenvalue weighted by molar-refractivity contribution is 0.112. The van der Waals surface area contributed by atoms with E-state index in [1.165, 1.54) is 0 Å². The van der Waals surface area contributed by atoms with E-state index in [9.17, 15) is 4.79 Å². The van der Waals surface area contributed by atoms with E-state index in [-0.39, 0.29) is 0 Å². The van der Waals surface area contributed by atoms with Crippen LogP contribution in [0.3, 0.4) is 0 Å². The summed E-state index contributed by atoms with van der Waals surface area (Å²) < 4.78 is 0.952. The first-order chi connectivity index (χ1) is 8.65. The molecule has 4 heteroatoms. The van der Waals surface area contributed by atoms with Crippen LogP contribution in [-0.4, -0.2) is 43.4 Å². The highest BCUT2D eigenvalue weighted by Gasteiger charge is 2.23. The van der Waals surface area contributed by atoms with Crippen LogP contribution in [-0.2, 0) is 0 Å². The van der Waals surface area contributed by atoms with Crippen molar-refractivity contribution in [1.82, 2.24) is 4.90 Å². The fourth-order valence-electron chi connectivity index (χ4n) is 2.59. The fourth-order valence-corrected chi connectivity index (χ4v) is 2.97. The summed E-state index contributed by atoms with van der Waals surface area (Å²) in [5.41, 5.74) is 1.82. The molecule has 1 aromatic rings. The van der Waals surface area contributed by atoms with E-state index in [1.54, 1.807) is 0 Å². The smallest absolute Gasteiger partial charge is 0.152 e. The highest BCUT2D eigenvalue weighted by molar-refractivity contribution is 9.10. The van der Waals surface area contributed by atoms with Crippen molar-refractivity contribution in [2.75, 3.05) is 31.1 Å². The van der Waals surface area contributed by atoms with Crippen molar-refractivity contribution in [3.63, 3.8) is 0 Å². The van der Waals surface area contributed by atoms with Crippen molar-refractivity contribution in [3.8, 4) is 0 Å². The fraction of sp³-hybridized carbons (Fsp3) is 0.500. The van der Waals surface area contributed by atoms with Crippen LogP contribution >= 0.6 is 15.9 Å². The molecule has 1 atom stereocenters. The van der Waals surface area contributed by atoms with E-state index < -0.39 is 0 Å². The molecule has 0 spiro atoms. The van der Waals surface area contributed by atoms with E-state index >= 15 is 0 Å². The molecular weight excluding hydrogens is 292 g/mol. The number of nitrogens with zero attached hydrogens (tertiary/aromatic N) is 2. The largest absolute Gasteiger partial charge is 0.368 e. The van der Waals surface area contributed by atoms with Crippen LogP contribution < -0.4 is 4.90 Å². The van der Waals surface area contributed by atoms with Crippen LogP contribution in [0.15, 0.2) is 22.7 Å². The SMILES string of the molecule is CCN1CCN(c2ccc(Br)cc2C=O)CC1C. The van der Waals surface area contributed by atoms with E-state index in [0.717, 1.165) is 48.2 Å². The Bertz CT molecular complexity index is 436. The number of piperazine rings is 1. The molecule has 1 unspecified atom stereocenters. The molecule has 0 N–H and O–H groups in total. The summed E-state index contributed by atoms with van der Waals surface area (Å²) in [6.07, 6.45) is 0.941. The zero-order valence-corrected chi connectivity index (χ0v) is 12.5. The molecule has 1 aliphatic rings. The molecule has 1 fully saturated rings. The number of rotatable bonds is 3. The van der Waals surface area contributed by atoms with Crippen LogP contribution in [0, 0.1) is 0 Å². The van der Waals surface area contributed by atoms with Crippen LogP contribution in [0.2, 0.25) is 0 Å². The summed E-state index contributed by atoms with van der Waals surface area (Å²) in [6.45, 7) is 8.57. The van der Waals surface area contributed by atoms with Crippen LogP contribution in [0.1, 0.15) is 24.2 Å². The van der Waals surface area contributed by atoms with Crippen LogP contribution in [0.25, 0.3) is 0 Å². The maximum Gasteiger partial charge on any atom is 0.152 e. The van der Waals surface area contributed by atoms with E-state index in [4.69, 9.17) is 0 Å². The van der Waals surface area contributed by atoms with Gasteiger partial charge in [-0.15, -0.1) is 0 Å². The Balaban J connectivity index is 2.20. The van der Waals surface area contributed by atoms with E-state index in [0.29, 0.717) is 6.04 Å². The molecule has 18 heavy (non-hydrogen) atoms. The molecule has 1 heterocycles. The Morgan fingerprint density at radius 1 is 1.44 bits per heavy atom. The third-order valence-corrected chi connectivity index (χ3v) is 4.12. The molecule has 0 bridgehead atoms. The van der Waals surface area contributed by atoms with Crippen molar-refractivity contribution in [1.29, 1.82) is 0 Å². The van der Waals surface area contributed by atoms with Crippen LogP contribution in [0.4, 0.5) is 5.69 Å². The highest BCUT2D eigenvalue weighted by atomic mass is 79.9. The quantitative estimate of drug-likeness (QED) is 0.802. The molecule has 0 amide bonds. The third-order valence-electron chi connectivity index (χ3n) is 3.63. The zero-order chi connectivity index (χ0) is 13.1. The molecule has 2 rings (SSSR count). The van der Waals surface area contributed by atoms with Gasteiger partial charge in [-0.05, 0) is 31.7 Å². The Morgan fingerprint density at radius 3 is 2.83 bits per heavy atom. The number of halogens is 1. The Kier molecular flexibility index (Phi) is 4.40. The monoisotopic (exact) mass is 310 g/mol. The topological polar surface area (TPSA) is 23.6 Å². The number of hydrogen-bond acceptors (Lipinski definition) is 3. The second-order valence-corrected chi connectivity index (χ2v) is 5.66. The molecule has 0 aliphatic carbocycles. The molecule has 3 nitrogen and oxygen atoms in total. The first kappa shape index (κ1) is 13.6. The number of aldehydes is 1. The van der Waals surface area contributed by atoms with E-state index in [1.807, 2.05) is 18.2 Å². The average molecular weight is 311 g/mol. The number of carbonyl (C=O) groups excluding carboxylic acids is 1. The van der Waals surface area contributed by atoms with Crippen molar-refractivity contribution in [2.24, 2.45) is 0 Å². The second kappa shape index (κ2) is 5.85. The van der Waals surface area contributed by atoms with Gasteiger partial charge in [-0.2, -0.15) is 0 Å². The first-order valence-corrected chi connectivity index (χ1v) is 7.18. The van der Waals surface area contributed by atoms with Gasteiger partial charge in [-0.1, -0.05) is 22.9 Å². The normalized spacial score (nSPS) is 21.1. The maximum atomic E-state index is 11.2. The minimum absolute atomic E-state index is 0.534. The first-order valence-electron chi connectivity index (χ1n) is 6.39. The molecule has 0 aromatic heterocycles. The molecule has 1 aliphatic heterocycles. The Labute approximate surface area is 117 Å². The molecular formula is C14H19BrN2O. The third kappa shape index (κ3) is 2.75. The zero-order valence-electron chi connectivity index (χ0n) is 10.9. The van der Waals surface area contributed by atoms with Gasteiger partial charge in [-0.25, -0.2) is 0 Å². The van der Waals surface area contributed by atoms with Gasteiger partial charge in [0.2, 0.25) is 0 Å². The van der Waals surface area contributed by atoms with Crippen LogP contribution in [0.5, 0.6) is 0 Å². The van der Waals surface area contributed by atoms with Gasteiger partial charge in [0.05, 0.1) is 0 Å². The van der Waals surface area contributed by atoms with Gasteiger partial charge in [0.1, 0.15) is 0 Å². The molecule has 1 saturated heterocycles. The molecule has 1 aromatic carbocycles. The lowest BCUT2D eigenvalue weighted by Gasteiger charge is -2.40. The summed E-state index contributed by atoms with van der Waals surface area (Å²) in [7, 11) is 0. The van der Waals surface area contributed by atoms with Crippen molar-refractivity contribution in [3.05, 3.63) is 28.2 Å². The average Bonchev–Trinajstić information content (AvgIpc) is 2.38.